The highest BCUT2D eigenvalue weighted by Gasteiger charge is 2.34. The molecular formula is C14H17ClN4S. The fourth-order valence-corrected chi connectivity index (χ4v) is 3.71. The van der Waals surface area contributed by atoms with E-state index in [-0.39, 0.29) is 5.41 Å². The topological polar surface area (TPSA) is 41.9 Å². The van der Waals surface area contributed by atoms with Crippen LogP contribution in [-0.2, 0) is 12.0 Å². The number of hydrogen-bond donors (Lipinski definition) is 0. The average Bonchev–Trinajstić information content (AvgIpc) is 2.90. The van der Waals surface area contributed by atoms with E-state index < -0.39 is 0 Å². The monoisotopic (exact) mass is 308 g/mol. The Bertz CT molecular complexity index is 564. The summed E-state index contributed by atoms with van der Waals surface area (Å²) < 4.78 is 0.781. The summed E-state index contributed by atoms with van der Waals surface area (Å²) in [6.07, 6.45) is 9.28. The first-order valence-corrected chi connectivity index (χ1v) is 7.94. The van der Waals surface area contributed by atoms with Crippen molar-refractivity contribution in [2.45, 2.75) is 31.7 Å². The second-order valence-electron chi connectivity index (χ2n) is 5.50. The summed E-state index contributed by atoms with van der Waals surface area (Å²) in [5, 5.41) is 1.17. The van der Waals surface area contributed by atoms with Crippen molar-refractivity contribution in [3.8, 4) is 0 Å². The zero-order chi connectivity index (χ0) is 14.0. The summed E-state index contributed by atoms with van der Waals surface area (Å²) in [6, 6.07) is 0. The van der Waals surface area contributed by atoms with Crippen molar-refractivity contribution in [2.75, 3.05) is 13.1 Å². The molecule has 1 fully saturated rings. The third kappa shape index (κ3) is 3.00. The standard InChI is InChI=1S/C14H17ClN4S/c1-14(13-18-9-12(15)20-13)2-6-19(7-3-14)10-11-8-16-4-5-17-11/h4-5,8-9H,2-3,6-7,10H2,1H3. The number of thiazole rings is 1. The SMILES string of the molecule is CC1(c2ncc(Cl)s2)CCN(Cc2cnccn2)CC1. The van der Waals surface area contributed by atoms with Crippen molar-refractivity contribution in [3.05, 3.63) is 39.8 Å². The Hall–Kier alpha value is -1.04. The number of nitrogens with zero attached hydrogens (tertiary/aromatic N) is 4. The molecular weight excluding hydrogens is 292 g/mol. The number of halogens is 1. The van der Waals surface area contributed by atoms with Crippen LogP contribution in [-0.4, -0.2) is 32.9 Å². The van der Waals surface area contributed by atoms with E-state index in [1.54, 1.807) is 29.9 Å². The molecule has 1 saturated heterocycles. The lowest BCUT2D eigenvalue weighted by atomic mass is 9.81. The van der Waals surface area contributed by atoms with Gasteiger partial charge in [-0.1, -0.05) is 18.5 Å². The zero-order valence-electron chi connectivity index (χ0n) is 11.4. The Morgan fingerprint density at radius 1 is 1.25 bits per heavy atom. The summed E-state index contributed by atoms with van der Waals surface area (Å²) in [5.74, 6) is 0. The second-order valence-corrected chi connectivity index (χ2v) is 7.17. The molecule has 20 heavy (non-hydrogen) atoms. The quantitative estimate of drug-likeness (QED) is 0.873. The molecule has 6 heteroatoms. The number of rotatable bonds is 3. The summed E-state index contributed by atoms with van der Waals surface area (Å²) in [6.45, 7) is 5.29. The van der Waals surface area contributed by atoms with Crippen LogP contribution in [0.2, 0.25) is 4.34 Å². The van der Waals surface area contributed by atoms with Crippen LogP contribution in [0.4, 0.5) is 0 Å². The molecule has 3 heterocycles. The number of likely N-dealkylation sites (tertiary alicyclic amines) is 1. The third-order valence-electron chi connectivity index (χ3n) is 3.96. The predicted octanol–water partition coefficient (Wildman–Crippen LogP) is 3.14. The van der Waals surface area contributed by atoms with Crippen molar-refractivity contribution in [1.29, 1.82) is 0 Å². The number of hydrogen-bond acceptors (Lipinski definition) is 5. The van der Waals surface area contributed by atoms with Gasteiger partial charge in [0.05, 0.1) is 16.9 Å². The molecule has 0 amide bonds. The normalized spacial score (nSPS) is 19.1. The molecule has 0 aromatic carbocycles. The van der Waals surface area contributed by atoms with Gasteiger partial charge in [0, 0.05) is 30.6 Å². The van der Waals surface area contributed by atoms with Gasteiger partial charge in [-0.05, 0) is 25.9 Å². The zero-order valence-corrected chi connectivity index (χ0v) is 13.0. The first kappa shape index (κ1) is 13.9. The summed E-state index contributed by atoms with van der Waals surface area (Å²) >= 11 is 7.62. The molecule has 4 nitrogen and oxygen atoms in total. The van der Waals surface area contributed by atoms with Crippen LogP contribution in [0.5, 0.6) is 0 Å². The van der Waals surface area contributed by atoms with Gasteiger partial charge in [0.1, 0.15) is 4.34 Å². The van der Waals surface area contributed by atoms with Crippen molar-refractivity contribution in [3.63, 3.8) is 0 Å². The molecule has 0 radical (unpaired) electrons. The van der Waals surface area contributed by atoms with Gasteiger partial charge in [-0.15, -0.1) is 11.3 Å². The Balaban J connectivity index is 1.62. The molecule has 0 atom stereocenters. The molecule has 1 aliphatic rings. The maximum Gasteiger partial charge on any atom is 0.113 e. The van der Waals surface area contributed by atoms with E-state index in [4.69, 9.17) is 11.6 Å². The molecule has 0 spiro atoms. The summed E-state index contributed by atoms with van der Waals surface area (Å²) in [5.41, 5.74) is 1.20. The van der Waals surface area contributed by atoms with Crippen LogP contribution >= 0.6 is 22.9 Å². The van der Waals surface area contributed by atoms with E-state index in [0.29, 0.717) is 0 Å². The summed E-state index contributed by atoms with van der Waals surface area (Å²) in [4.78, 5) is 15.4. The highest BCUT2D eigenvalue weighted by atomic mass is 35.5. The van der Waals surface area contributed by atoms with Gasteiger partial charge in [-0.25, -0.2) is 4.98 Å². The predicted molar refractivity (Wildman–Crippen MR) is 81.0 cm³/mol. The smallest absolute Gasteiger partial charge is 0.113 e. The molecule has 3 rings (SSSR count). The molecule has 0 aliphatic carbocycles. The van der Waals surface area contributed by atoms with Crippen molar-refractivity contribution < 1.29 is 0 Å². The lowest BCUT2D eigenvalue weighted by Crippen LogP contribution is -2.40. The van der Waals surface area contributed by atoms with Crippen LogP contribution < -0.4 is 0 Å². The highest BCUT2D eigenvalue weighted by molar-refractivity contribution is 7.15. The fourth-order valence-electron chi connectivity index (χ4n) is 2.59. The molecule has 0 saturated carbocycles. The average molecular weight is 309 g/mol. The van der Waals surface area contributed by atoms with Gasteiger partial charge >= 0.3 is 0 Å². The third-order valence-corrected chi connectivity index (χ3v) is 5.38. The Kier molecular flexibility index (Phi) is 4.01. The van der Waals surface area contributed by atoms with E-state index in [2.05, 4.69) is 26.8 Å². The minimum absolute atomic E-state index is 0.163. The molecule has 106 valence electrons. The molecule has 0 bridgehead atoms. The molecule has 2 aromatic heterocycles. The number of aromatic nitrogens is 3. The minimum Gasteiger partial charge on any atom is -0.297 e. The van der Waals surface area contributed by atoms with Crippen LogP contribution in [0.25, 0.3) is 0 Å². The van der Waals surface area contributed by atoms with E-state index in [1.807, 2.05) is 6.20 Å². The largest absolute Gasteiger partial charge is 0.297 e. The van der Waals surface area contributed by atoms with Gasteiger partial charge in [0.2, 0.25) is 0 Å². The van der Waals surface area contributed by atoms with E-state index >= 15 is 0 Å². The van der Waals surface area contributed by atoms with Crippen LogP contribution in [0.15, 0.2) is 24.8 Å². The van der Waals surface area contributed by atoms with E-state index in [9.17, 15) is 0 Å². The van der Waals surface area contributed by atoms with Gasteiger partial charge in [-0.3, -0.25) is 14.9 Å². The van der Waals surface area contributed by atoms with Gasteiger partial charge in [0.15, 0.2) is 0 Å². The van der Waals surface area contributed by atoms with Crippen molar-refractivity contribution in [1.82, 2.24) is 19.9 Å². The van der Waals surface area contributed by atoms with Gasteiger partial charge in [-0.2, -0.15) is 0 Å². The van der Waals surface area contributed by atoms with Crippen LogP contribution in [0.3, 0.4) is 0 Å². The van der Waals surface area contributed by atoms with Crippen molar-refractivity contribution in [2.24, 2.45) is 0 Å². The minimum atomic E-state index is 0.163. The van der Waals surface area contributed by atoms with Crippen molar-refractivity contribution >= 4 is 22.9 Å². The lowest BCUT2D eigenvalue weighted by molar-refractivity contribution is 0.160. The molecule has 0 unspecified atom stereocenters. The van der Waals surface area contributed by atoms with E-state index in [0.717, 1.165) is 42.5 Å². The number of piperidine rings is 1. The maximum absolute atomic E-state index is 6.01. The molecule has 1 aliphatic heterocycles. The second kappa shape index (κ2) is 5.76. The first-order valence-electron chi connectivity index (χ1n) is 6.75. The van der Waals surface area contributed by atoms with Crippen LogP contribution in [0.1, 0.15) is 30.5 Å². The Morgan fingerprint density at radius 2 is 2.05 bits per heavy atom. The Morgan fingerprint density at radius 3 is 2.65 bits per heavy atom. The molecule has 0 N–H and O–H groups in total. The lowest BCUT2D eigenvalue weighted by Gasteiger charge is -2.37. The van der Waals surface area contributed by atoms with Crippen LogP contribution in [0, 0.1) is 0 Å². The Labute approximate surface area is 127 Å². The highest BCUT2D eigenvalue weighted by Crippen LogP contribution is 2.38. The maximum atomic E-state index is 6.01. The van der Waals surface area contributed by atoms with Gasteiger partial charge in [0.25, 0.3) is 0 Å². The van der Waals surface area contributed by atoms with Gasteiger partial charge < -0.3 is 0 Å². The molecule has 2 aromatic rings. The summed E-state index contributed by atoms with van der Waals surface area (Å²) in [7, 11) is 0. The first-order chi connectivity index (χ1) is 9.66. The fraction of sp³-hybridized carbons (Fsp3) is 0.500. The van der Waals surface area contributed by atoms with E-state index in [1.165, 1.54) is 5.01 Å².